The number of aromatic nitrogens is 3. The first-order valence-corrected chi connectivity index (χ1v) is 8.78. The van der Waals surface area contributed by atoms with Gasteiger partial charge < -0.3 is 15.0 Å². The highest BCUT2D eigenvalue weighted by molar-refractivity contribution is 6.06. The number of hydrogen-bond acceptors (Lipinski definition) is 4. The number of nitrogens with two attached hydrogens (primary N) is 1. The van der Waals surface area contributed by atoms with E-state index in [1.807, 2.05) is 24.5 Å². The molecule has 1 atom stereocenters. The van der Waals surface area contributed by atoms with E-state index < -0.39 is 0 Å². The quantitative estimate of drug-likeness (QED) is 0.591. The molecule has 0 aliphatic rings. The maximum absolute atomic E-state index is 6.10. The van der Waals surface area contributed by atoms with Crippen molar-refractivity contribution in [3.05, 3.63) is 66.0 Å². The molecule has 0 spiro atoms. The number of pyridine rings is 1. The minimum absolute atomic E-state index is 0.0434. The predicted molar refractivity (Wildman–Crippen MR) is 105 cm³/mol. The van der Waals surface area contributed by atoms with E-state index >= 15 is 0 Å². The minimum atomic E-state index is 0.0434. The summed E-state index contributed by atoms with van der Waals surface area (Å²) in [6, 6.07) is 16.4. The molecular formula is C21H22N4O. The lowest BCUT2D eigenvalue weighted by Gasteiger charge is -2.15. The number of nitrogens with zero attached hydrogens (tertiary/aromatic N) is 3. The van der Waals surface area contributed by atoms with E-state index in [-0.39, 0.29) is 6.10 Å². The Labute approximate surface area is 152 Å². The molecule has 26 heavy (non-hydrogen) atoms. The number of imidazole rings is 1. The number of anilines is 1. The first-order chi connectivity index (χ1) is 12.6. The minimum Gasteiger partial charge on any atom is -0.382 e. The van der Waals surface area contributed by atoms with Crippen LogP contribution in [0.3, 0.4) is 0 Å². The van der Waals surface area contributed by atoms with Crippen molar-refractivity contribution in [3.8, 4) is 0 Å². The van der Waals surface area contributed by atoms with Crippen LogP contribution in [-0.4, -0.2) is 20.6 Å². The van der Waals surface area contributed by atoms with Crippen molar-refractivity contribution in [1.82, 2.24) is 14.5 Å². The van der Waals surface area contributed by atoms with Gasteiger partial charge in [-0.1, -0.05) is 48.0 Å². The molecule has 2 heterocycles. The van der Waals surface area contributed by atoms with Crippen molar-refractivity contribution in [3.63, 3.8) is 0 Å². The molecule has 2 aromatic carbocycles. The molecule has 0 aliphatic heterocycles. The standard InChI is InChI=1S/C21H22N4O/c1-14-7-9-16(10-8-14)12-26-15(2)11-25-13-23-19-20(25)17-5-3-4-6-18(17)24-21(19)22/h3-10,13,15H,11-12H2,1-2H3,(H2,22,24). The number of hydrogen-bond donors (Lipinski definition) is 1. The van der Waals surface area contributed by atoms with Crippen LogP contribution in [0.15, 0.2) is 54.9 Å². The molecule has 0 bridgehead atoms. The second-order valence-corrected chi connectivity index (χ2v) is 6.72. The van der Waals surface area contributed by atoms with Gasteiger partial charge in [-0.25, -0.2) is 9.97 Å². The van der Waals surface area contributed by atoms with E-state index in [1.54, 1.807) is 0 Å². The second kappa shape index (κ2) is 6.77. The Morgan fingerprint density at radius 2 is 1.88 bits per heavy atom. The molecule has 4 aromatic rings. The lowest BCUT2D eigenvalue weighted by atomic mass is 10.1. The molecule has 5 heteroatoms. The van der Waals surface area contributed by atoms with Crippen molar-refractivity contribution < 1.29 is 4.74 Å². The molecule has 0 saturated heterocycles. The molecule has 5 nitrogen and oxygen atoms in total. The Morgan fingerprint density at radius 1 is 1.12 bits per heavy atom. The summed E-state index contributed by atoms with van der Waals surface area (Å²) in [5.74, 6) is 0.464. The van der Waals surface area contributed by atoms with Crippen LogP contribution in [0.25, 0.3) is 21.9 Å². The molecule has 2 N–H and O–H groups in total. The monoisotopic (exact) mass is 346 g/mol. The second-order valence-electron chi connectivity index (χ2n) is 6.72. The molecule has 0 aliphatic carbocycles. The Kier molecular flexibility index (Phi) is 4.31. The van der Waals surface area contributed by atoms with Gasteiger partial charge in [0.1, 0.15) is 5.52 Å². The summed E-state index contributed by atoms with van der Waals surface area (Å²) >= 11 is 0. The maximum atomic E-state index is 6.10. The third kappa shape index (κ3) is 3.13. The number of fused-ring (bicyclic) bond motifs is 3. The normalized spacial score (nSPS) is 12.7. The molecule has 1 unspecified atom stereocenters. The van der Waals surface area contributed by atoms with Gasteiger partial charge in [0.05, 0.1) is 36.6 Å². The van der Waals surface area contributed by atoms with E-state index in [0.29, 0.717) is 19.0 Å². The zero-order chi connectivity index (χ0) is 18.1. The summed E-state index contributed by atoms with van der Waals surface area (Å²) < 4.78 is 8.14. The van der Waals surface area contributed by atoms with Gasteiger partial charge in [-0.3, -0.25) is 0 Å². The summed E-state index contributed by atoms with van der Waals surface area (Å²) in [4.78, 5) is 8.92. The highest BCUT2D eigenvalue weighted by Crippen LogP contribution is 2.27. The number of para-hydroxylation sites is 1. The van der Waals surface area contributed by atoms with E-state index in [9.17, 15) is 0 Å². The number of rotatable bonds is 5. The Hall–Kier alpha value is -2.92. The Bertz CT molecular complexity index is 1050. The van der Waals surface area contributed by atoms with Gasteiger partial charge in [-0.2, -0.15) is 0 Å². The third-order valence-electron chi connectivity index (χ3n) is 4.59. The van der Waals surface area contributed by atoms with Gasteiger partial charge in [0.2, 0.25) is 0 Å². The first-order valence-electron chi connectivity index (χ1n) is 8.78. The summed E-state index contributed by atoms with van der Waals surface area (Å²) in [6.07, 6.45) is 1.86. The lowest BCUT2D eigenvalue weighted by molar-refractivity contribution is 0.0426. The van der Waals surface area contributed by atoms with Gasteiger partial charge >= 0.3 is 0 Å². The van der Waals surface area contributed by atoms with Crippen LogP contribution in [0.1, 0.15) is 18.1 Å². The summed E-state index contributed by atoms with van der Waals surface area (Å²) in [5.41, 5.74) is 11.2. The van der Waals surface area contributed by atoms with E-state index in [1.165, 1.54) is 11.1 Å². The van der Waals surface area contributed by atoms with E-state index in [4.69, 9.17) is 10.5 Å². The summed E-state index contributed by atoms with van der Waals surface area (Å²) in [6.45, 7) is 5.46. The largest absolute Gasteiger partial charge is 0.382 e. The topological polar surface area (TPSA) is 66.0 Å². The Morgan fingerprint density at radius 3 is 2.69 bits per heavy atom. The van der Waals surface area contributed by atoms with Crippen LogP contribution < -0.4 is 5.73 Å². The van der Waals surface area contributed by atoms with E-state index in [0.717, 1.165) is 21.9 Å². The van der Waals surface area contributed by atoms with Gasteiger partial charge in [-0.15, -0.1) is 0 Å². The van der Waals surface area contributed by atoms with Crippen LogP contribution in [0.5, 0.6) is 0 Å². The average molecular weight is 346 g/mol. The molecule has 0 fully saturated rings. The van der Waals surface area contributed by atoms with Gasteiger partial charge in [-0.05, 0) is 25.5 Å². The van der Waals surface area contributed by atoms with E-state index in [2.05, 4.69) is 58.7 Å². The van der Waals surface area contributed by atoms with Crippen molar-refractivity contribution in [2.45, 2.75) is 33.1 Å². The molecule has 132 valence electrons. The molecule has 0 radical (unpaired) electrons. The van der Waals surface area contributed by atoms with Crippen molar-refractivity contribution in [2.75, 3.05) is 5.73 Å². The van der Waals surface area contributed by atoms with Crippen molar-refractivity contribution in [1.29, 1.82) is 0 Å². The molecular weight excluding hydrogens is 324 g/mol. The number of ether oxygens (including phenoxy) is 1. The zero-order valence-corrected chi connectivity index (χ0v) is 15.0. The van der Waals surface area contributed by atoms with Crippen LogP contribution in [-0.2, 0) is 17.9 Å². The molecule has 0 saturated carbocycles. The van der Waals surface area contributed by atoms with Gasteiger partial charge in [0.25, 0.3) is 0 Å². The summed E-state index contributed by atoms with van der Waals surface area (Å²) in [7, 11) is 0. The SMILES string of the molecule is Cc1ccc(COC(C)Cn2cnc3c(N)nc4ccccc4c32)cc1. The zero-order valence-electron chi connectivity index (χ0n) is 15.0. The highest BCUT2D eigenvalue weighted by Gasteiger charge is 2.14. The van der Waals surface area contributed by atoms with Gasteiger partial charge in [0, 0.05) is 5.39 Å². The smallest absolute Gasteiger partial charge is 0.152 e. The highest BCUT2D eigenvalue weighted by atomic mass is 16.5. The van der Waals surface area contributed by atoms with Crippen LogP contribution in [0.4, 0.5) is 5.82 Å². The molecule has 4 rings (SSSR count). The summed E-state index contributed by atoms with van der Waals surface area (Å²) in [5, 5.41) is 1.06. The Balaban J connectivity index is 1.58. The van der Waals surface area contributed by atoms with Crippen molar-refractivity contribution in [2.24, 2.45) is 0 Å². The van der Waals surface area contributed by atoms with Crippen LogP contribution in [0, 0.1) is 6.92 Å². The fraction of sp³-hybridized carbons (Fsp3) is 0.238. The number of nitrogen functional groups attached to an aromatic ring is 1. The average Bonchev–Trinajstić information content (AvgIpc) is 3.06. The number of benzene rings is 2. The molecule has 2 aromatic heterocycles. The van der Waals surface area contributed by atoms with Crippen LogP contribution >= 0.6 is 0 Å². The first kappa shape index (κ1) is 16.5. The number of aryl methyl sites for hydroxylation is 1. The lowest BCUT2D eigenvalue weighted by Crippen LogP contribution is -2.16. The van der Waals surface area contributed by atoms with Crippen molar-refractivity contribution >= 4 is 27.8 Å². The maximum Gasteiger partial charge on any atom is 0.152 e. The third-order valence-corrected chi connectivity index (χ3v) is 4.59. The predicted octanol–water partition coefficient (Wildman–Crippen LogP) is 4.08. The fourth-order valence-corrected chi connectivity index (χ4v) is 3.20. The fourth-order valence-electron chi connectivity index (χ4n) is 3.20. The van der Waals surface area contributed by atoms with Crippen LogP contribution in [0.2, 0.25) is 0 Å². The van der Waals surface area contributed by atoms with Gasteiger partial charge in [0.15, 0.2) is 5.82 Å². The molecule has 0 amide bonds.